The molecule has 1 N–H and O–H groups in total. The first-order valence-corrected chi connectivity index (χ1v) is 8.10. The van der Waals surface area contributed by atoms with E-state index < -0.39 is 0 Å². The predicted octanol–water partition coefficient (Wildman–Crippen LogP) is 1.68. The molecule has 0 unspecified atom stereocenters. The highest BCUT2D eigenvalue weighted by molar-refractivity contribution is 5.74. The first-order chi connectivity index (χ1) is 11.8. The molecule has 0 radical (unpaired) electrons. The van der Waals surface area contributed by atoms with Gasteiger partial charge in [-0.3, -0.25) is 4.90 Å². The molecule has 0 spiro atoms. The average molecular weight is 324 g/mol. The third-order valence-corrected chi connectivity index (χ3v) is 4.29. The fourth-order valence-electron chi connectivity index (χ4n) is 3.00. The minimum absolute atomic E-state index is 0.602. The van der Waals surface area contributed by atoms with E-state index >= 15 is 0 Å². The molecule has 3 aromatic rings. The highest BCUT2D eigenvalue weighted by Gasteiger charge is 2.20. The third kappa shape index (κ3) is 3.03. The summed E-state index contributed by atoms with van der Waals surface area (Å²) in [5, 5.41) is 0. The largest absolute Gasteiger partial charge is 0.481 e. The maximum Gasteiger partial charge on any atom is 0.228 e. The molecule has 124 valence electrons. The van der Waals surface area contributed by atoms with Crippen LogP contribution in [0.15, 0.2) is 36.5 Å². The number of imidazole rings is 1. The Kier molecular flexibility index (Phi) is 4.00. The van der Waals surface area contributed by atoms with E-state index in [4.69, 9.17) is 4.74 Å². The number of fused-ring (bicyclic) bond motifs is 1. The van der Waals surface area contributed by atoms with Gasteiger partial charge in [-0.1, -0.05) is 12.1 Å². The first kappa shape index (κ1) is 14.9. The Morgan fingerprint density at radius 3 is 2.71 bits per heavy atom. The van der Waals surface area contributed by atoms with Gasteiger partial charge in [0.15, 0.2) is 0 Å². The Bertz CT molecular complexity index is 792. The summed E-state index contributed by atoms with van der Waals surface area (Å²) in [4.78, 5) is 21.4. The van der Waals surface area contributed by atoms with Gasteiger partial charge < -0.3 is 14.6 Å². The summed E-state index contributed by atoms with van der Waals surface area (Å²) in [7, 11) is 1.62. The summed E-state index contributed by atoms with van der Waals surface area (Å²) in [5.74, 6) is 2.35. The number of hydrogen-bond donors (Lipinski definition) is 1. The number of hydrogen-bond acceptors (Lipinski definition) is 6. The van der Waals surface area contributed by atoms with E-state index in [1.165, 1.54) is 0 Å². The number of aromatic nitrogens is 4. The second-order valence-electron chi connectivity index (χ2n) is 5.86. The van der Waals surface area contributed by atoms with Gasteiger partial charge in [-0.2, -0.15) is 4.98 Å². The lowest BCUT2D eigenvalue weighted by Crippen LogP contribution is -2.46. The highest BCUT2D eigenvalue weighted by Crippen LogP contribution is 2.16. The maximum absolute atomic E-state index is 5.17. The molecular formula is C17H20N6O. The molecule has 1 aliphatic heterocycles. The van der Waals surface area contributed by atoms with E-state index in [-0.39, 0.29) is 0 Å². The van der Waals surface area contributed by atoms with Crippen molar-refractivity contribution in [2.75, 3.05) is 38.2 Å². The van der Waals surface area contributed by atoms with E-state index in [0.29, 0.717) is 5.88 Å². The number of methoxy groups -OCH3 is 1. The number of benzene rings is 1. The van der Waals surface area contributed by atoms with Crippen LogP contribution in [0.5, 0.6) is 5.88 Å². The number of aromatic amines is 1. The molecule has 0 bridgehead atoms. The number of nitrogens with zero attached hydrogens (tertiary/aromatic N) is 5. The number of rotatable bonds is 4. The molecule has 1 aliphatic rings. The quantitative estimate of drug-likeness (QED) is 0.787. The van der Waals surface area contributed by atoms with Gasteiger partial charge >= 0.3 is 0 Å². The summed E-state index contributed by atoms with van der Waals surface area (Å²) >= 11 is 0. The van der Waals surface area contributed by atoms with Crippen LogP contribution in [-0.4, -0.2) is 58.1 Å². The van der Waals surface area contributed by atoms with Gasteiger partial charge in [0.25, 0.3) is 0 Å². The monoisotopic (exact) mass is 324 g/mol. The summed E-state index contributed by atoms with van der Waals surface area (Å²) in [5.41, 5.74) is 2.12. The van der Waals surface area contributed by atoms with Crippen LogP contribution in [-0.2, 0) is 6.54 Å². The van der Waals surface area contributed by atoms with Crippen LogP contribution in [0, 0.1) is 0 Å². The van der Waals surface area contributed by atoms with E-state index in [1.54, 1.807) is 19.4 Å². The van der Waals surface area contributed by atoms with Gasteiger partial charge in [-0.15, -0.1) is 0 Å². The van der Waals surface area contributed by atoms with Crippen LogP contribution >= 0.6 is 0 Å². The van der Waals surface area contributed by atoms with E-state index in [2.05, 4.69) is 35.8 Å². The Hall–Kier alpha value is -2.67. The standard InChI is InChI=1S/C17H20N6O/c1-24-16-6-7-18-17(21-16)23-10-8-22(9-11-23)12-15-19-13-4-2-3-5-14(13)20-15/h2-7H,8-12H2,1H3,(H,19,20). The topological polar surface area (TPSA) is 70.2 Å². The fraction of sp³-hybridized carbons (Fsp3) is 0.353. The van der Waals surface area contributed by atoms with Crippen molar-refractivity contribution in [2.45, 2.75) is 6.54 Å². The summed E-state index contributed by atoms with van der Waals surface area (Å²) in [6, 6.07) is 9.90. The third-order valence-electron chi connectivity index (χ3n) is 4.29. The molecule has 0 amide bonds. The molecule has 0 atom stereocenters. The van der Waals surface area contributed by atoms with Crippen LogP contribution in [0.1, 0.15) is 5.82 Å². The van der Waals surface area contributed by atoms with Crippen molar-refractivity contribution in [3.8, 4) is 5.88 Å². The van der Waals surface area contributed by atoms with Crippen molar-refractivity contribution in [3.63, 3.8) is 0 Å². The van der Waals surface area contributed by atoms with Crippen molar-refractivity contribution < 1.29 is 4.74 Å². The predicted molar refractivity (Wildman–Crippen MR) is 92.2 cm³/mol. The Morgan fingerprint density at radius 1 is 1.08 bits per heavy atom. The molecule has 3 heterocycles. The summed E-state index contributed by atoms with van der Waals surface area (Å²) in [6.45, 7) is 4.54. The zero-order valence-corrected chi connectivity index (χ0v) is 13.6. The van der Waals surface area contributed by atoms with E-state index in [9.17, 15) is 0 Å². The number of ether oxygens (including phenoxy) is 1. The first-order valence-electron chi connectivity index (χ1n) is 8.10. The molecule has 1 saturated heterocycles. The van der Waals surface area contributed by atoms with Gasteiger partial charge in [0.1, 0.15) is 5.82 Å². The molecule has 7 nitrogen and oxygen atoms in total. The molecule has 4 rings (SSSR count). The van der Waals surface area contributed by atoms with Crippen LogP contribution in [0.25, 0.3) is 11.0 Å². The van der Waals surface area contributed by atoms with Crippen molar-refractivity contribution in [3.05, 3.63) is 42.4 Å². The lowest BCUT2D eigenvalue weighted by atomic mass is 10.3. The number of H-pyrrole nitrogens is 1. The Labute approximate surface area is 140 Å². The second kappa shape index (κ2) is 6.45. The lowest BCUT2D eigenvalue weighted by Gasteiger charge is -2.34. The van der Waals surface area contributed by atoms with Crippen molar-refractivity contribution in [1.29, 1.82) is 0 Å². The van der Waals surface area contributed by atoms with Crippen LogP contribution in [0.3, 0.4) is 0 Å². The number of piperazine rings is 1. The van der Waals surface area contributed by atoms with Gasteiger partial charge in [-0.05, 0) is 12.1 Å². The van der Waals surface area contributed by atoms with Crippen LogP contribution < -0.4 is 9.64 Å². The minimum atomic E-state index is 0.602. The van der Waals surface area contributed by atoms with Crippen LogP contribution in [0.2, 0.25) is 0 Å². The molecule has 2 aromatic heterocycles. The molecule has 7 heteroatoms. The maximum atomic E-state index is 5.17. The van der Waals surface area contributed by atoms with Gasteiger partial charge in [0.05, 0.1) is 24.7 Å². The van der Waals surface area contributed by atoms with Crippen molar-refractivity contribution >= 4 is 17.0 Å². The zero-order chi connectivity index (χ0) is 16.4. The molecule has 24 heavy (non-hydrogen) atoms. The SMILES string of the molecule is COc1ccnc(N2CCN(Cc3nc4ccccc4[nH]3)CC2)n1. The van der Waals surface area contributed by atoms with Crippen molar-refractivity contribution in [2.24, 2.45) is 0 Å². The van der Waals surface area contributed by atoms with Gasteiger partial charge in [0, 0.05) is 38.4 Å². The summed E-state index contributed by atoms with van der Waals surface area (Å²) < 4.78 is 5.17. The van der Waals surface area contributed by atoms with Crippen molar-refractivity contribution in [1.82, 2.24) is 24.8 Å². The average Bonchev–Trinajstić information content (AvgIpc) is 3.04. The number of anilines is 1. The second-order valence-corrected chi connectivity index (χ2v) is 5.86. The molecule has 1 fully saturated rings. The molecule has 1 aromatic carbocycles. The number of nitrogens with one attached hydrogen (secondary N) is 1. The minimum Gasteiger partial charge on any atom is -0.481 e. The molecule has 0 saturated carbocycles. The molecule has 0 aliphatic carbocycles. The van der Waals surface area contributed by atoms with Crippen LogP contribution in [0.4, 0.5) is 5.95 Å². The smallest absolute Gasteiger partial charge is 0.228 e. The lowest BCUT2D eigenvalue weighted by molar-refractivity contribution is 0.243. The van der Waals surface area contributed by atoms with Gasteiger partial charge in [-0.25, -0.2) is 9.97 Å². The summed E-state index contributed by atoms with van der Waals surface area (Å²) in [6.07, 6.45) is 1.74. The zero-order valence-electron chi connectivity index (χ0n) is 13.6. The number of para-hydroxylation sites is 2. The Morgan fingerprint density at radius 2 is 1.92 bits per heavy atom. The van der Waals surface area contributed by atoms with E-state index in [0.717, 1.165) is 55.5 Å². The Balaban J connectivity index is 1.38. The highest BCUT2D eigenvalue weighted by atomic mass is 16.5. The fourth-order valence-corrected chi connectivity index (χ4v) is 3.00. The van der Waals surface area contributed by atoms with Gasteiger partial charge in [0.2, 0.25) is 11.8 Å². The molecular weight excluding hydrogens is 304 g/mol. The van der Waals surface area contributed by atoms with E-state index in [1.807, 2.05) is 18.2 Å². The normalized spacial score (nSPS) is 15.8.